The van der Waals surface area contributed by atoms with Crippen molar-refractivity contribution in [2.75, 3.05) is 12.5 Å². The molecule has 2 N–H and O–H groups in total. The Hall–Kier alpha value is -3.15. The number of methoxy groups -OCH3 is 1. The second-order valence-electron chi connectivity index (χ2n) is 4.97. The van der Waals surface area contributed by atoms with Crippen LogP contribution in [-0.2, 0) is 0 Å². The van der Waals surface area contributed by atoms with Gasteiger partial charge in [-0.15, -0.1) is 5.10 Å². The van der Waals surface area contributed by atoms with Gasteiger partial charge in [-0.2, -0.15) is 10.2 Å². The number of hydrogen-bond donors (Lipinski definition) is 2. The van der Waals surface area contributed by atoms with E-state index < -0.39 is 0 Å². The molecule has 0 saturated heterocycles. The van der Waals surface area contributed by atoms with E-state index in [4.69, 9.17) is 4.74 Å². The van der Waals surface area contributed by atoms with Gasteiger partial charge in [0.05, 0.1) is 19.0 Å². The molecule has 0 amide bonds. The highest BCUT2D eigenvalue weighted by Crippen LogP contribution is 2.24. The monoisotopic (exact) mass is 308 g/mol. The van der Waals surface area contributed by atoms with Crippen molar-refractivity contribution in [2.24, 2.45) is 5.10 Å². The standard InChI is InChI=1S/C17H16N4O2/c1-11(14-8-7-13(23-2)9-16(14)22)19-21-17-15-6-4-3-5-12(15)10-18-20-17/h3-10,22H,1-2H3,(H,20,21)/b19-11+. The number of rotatable bonds is 4. The molecule has 0 aliphatic heterocycles. The zero-order valence-corrected chi connectivity index (χ0v) is 12.8. The van der Waals surface area contributed by atoms with Crippen LogP contribution < -0.4 is 10.2 Å². The molecule has 0 aliphatic rings. The number of phenolic OH excluding ortho intramolecular Hbond substituents is 1. The average Bonchev–Trinajstić information content (AvgIpc) is 2.59. The van der Waals surface area contributed by atoms with Gasteiger partial charge in [0.2, 0.25) is 0 Å². The summed E-state index contributed by atoms with van der Waals surface area (Å²) < 4.78 is 5.07. The third-order valence-electron chi connectivity index (χ3n) is 3.49. The third kappa shape index (κ3) is 3.06. The summed E-state index contributed by atoms with van der Waals surface area (Å²) in [4.78, 5) is 0. The molecule has 116 valence electrons. The van der Waals surface area contributed by atoms with Crippen LogP contribution in [0.1, 0.15) is 12.5 Å². The summed E-state index contributed by atoms with van der Waals surface area (Å²) in [6.07, 6.45) is 1.70. The number of hydrogen-bond acceptors (Lipinski definition) is 6. The van der Waals surface area contributed by atoms with E-state index in [1.165, 1.54) is 0 Å². The molecular weight excluding hydrogens is 292 g/mol. The van der Waals surface area contributed by atoms with Crippen molar-refractivity contribution >= 4 is 22.3 Å². The Morgan fingerprint density at radius 3 is 2.83 bits per heavy atom. The molecule has 0 radical (unpaired) electrons. The van der Waals surface area contributed by atoms with Crippen molar-refractivity contribution in [3.8, 4) is 11.5 Å². The van der Waals surface area contributed by atoms with Crippen LogP contribution in [-0.4, -0.2) is 28.1 Å². The molecule has 23 heavy (non-hydrogen) atoms. The van der Waals surface area contributed by atoms with Gasteiger partial charge in [0.15, 0.2) is 5.82 Å². The summed E-state index contributed by atoms with van der Waals surface area (Å²) in [6.45, 7) is 1.80. The lowest BCUT2D eigenvalue weighted by molar-refractivity contribution is 0.407. The Balaban J connectivity index is 1.89. The van der Waals surface area contributed by atoms with Gasteiger partial charge in [0.25, 0.3) is 0 Å². The Labute approximate surface area is 133 Å². The van der Waals surface area contributed by atoms with Crippen LogP contribution in [0.2, 0.25) is 0 Å². The summed E-state index contributed by atoms with van der Waals surface area (Å²) in [6, 6.07) is 12.9. The lowest BCUT2D eigenvalue weighted by Crippen LogP contribution is -2.02. The predicted molar refractivity (Wildman–Crippen MR) is 90.0 cm³/mol. The number of benzene rings is 2. The Kier molecular flexibility index (Phi) is 4.05. The van der Waals surface area contributed by atoms with Crippen LogP contribution in [0.25, 0.3) is 10.8 Å². The van der Waals surface area contributed by atoms with Gasteiger partial charge in [-0.25, -0.2) is 0 Å². The lowest BCUT2D eigenvalue weighted by atomic mass is 10.1. The van der Waals surface area contributed by atoms with Crippen LogP contribution in [0.15, 0.2) is 53.8 Å². The van der Waals surface area contributed by atoms with Crippen LogP contribution in [0.3, 0.4) is 0 Å². The molecule has 0 bridgehead atoms. The average molecular weight is 308 g/mol. The smallest absolute Gasteiger partial charge is 0.176 e. The number of nitrogens with one attached hydrogen (secondary N) is 1. The number of hydrazone groups is 1. The molecule has 0 aliphatic carbocycles. The number of anilines is 1. The van der Waals surface area contributed by atoms with Crippen molar-refractivity contribution in [1.82, 2.24) is 10.2 Å². The van der Waals surface area contributed by atoms with Crippen molar-refractivity contribution in [1.29, 1.82) is 0 Å². The van der Waals surface area contributed by atoms with Gasteiger partial charge < -0.3 is 9.84 Å². The van der Waals surface area contributed by atoms with Gasteiger partial charge in [-0.1, -0.05) is 24.3 Å². The van der Waals surface area contributed by atoms with E-state index in [0.717, 1.165) is 10.8 Å². The predicted octanol–water partition coefficient (Wildman–Crippen LogP) is 3.18. The Morgan fingerprint density at radius 1 is 1.22 bits per heavy atom. The van der Waals surface area contributed by atoms with E-state index in [2.05, 4.69) is 20.7 Å². The zero-order valence-electron chi connectivity index (χ0n) is 12.8. The van der Waals surface area contributed by atoms with E-state index in [9.17, 15) is 5.11 Å². The number of aromatic hydroxyl groups is 1. The molecule has 1 heterocycles. The molecule has 3 rings (SSSR count). The maximum Gasteiger partial charge on any atom is 0.176 e. The normalized spacial score (nSPS) is 11.5. The maximum absolute atomic E-state index is 10.0. The van der Waals surface area contributed by atoms with E-state index in [-0.39, 0.29) is 5.75 Å². The van der Waals surface area contributed by atoms with E-state index in [1.54, 1.807) is 38.4 Å². The van der Waals surface area contributed by atoms with Crippen molar-refractivity contribution < 1.29 is 9.84 Å². The van der Waals surface area contributed by atoms with E-state index in [1.807, 2.05) is 24.3 Å². The number of ether oxygens (including phenoxy) is 1. The first-order chi connectivity index (χ1) is 11.2. The highest BCUT2D eigenvalue weighted by atomic mass is 16.5. The van der Waals surface area contributed by atoms with E-state index in [0.29, 0.717) is 22.8 Å². The fourth-order valence-electron chi connectivity index (χ4n) is 2.25. The molecule has 0 unspecified atom stereocenters. The summed E-state index contributed by atoms with van der Waals surface area (Å²) in [5, 5.41) is 24.3. The Morgan fingerprint density at radius 2 is 2.04 bits per heavy atom. The summed E-state index contributed by atoms with van der Waals surface area (Å²) in [5.41, 5.74) is 4.16. The number of phenols is 1. The molecule has 1 aromatic heterocycles. The number of nitrogens with zero attached hydrogens (tertiary/aromatic N) is 3. The minimum Gasteiger partial charge on any atom is -0.507 e. The minimum absolute atomic E-state index is 0.108. The SMILES string of the molecule is COc1ccc(/C(C)=N/Nc2nncc3ccccc23)c(O)c1. The maximum atomic E-state index is 10.0. The highest BCUT2D eigenvalue weighted by Gasteiger charge is 2.07. The quantitative estimate of drug-likeness (QED) is 0.571. The second kappa shape index (κ2) is 6.31. The number of fused-ring (bicyclic) bond motifs is 1. The molecule has 6 heteroatoms. The topological polar surface area (TPSA) is 79.6 Å². The molecule has 3 aromatic rings. The molecule has 2 aromatic carbocycles. The summed E-state index contributed by atoms with van der Waals surface area (Å²) in [5.74, 6) is 1.26. The Bertz CT molecular complexity index is 872. The molecule has 0 atom stereocenters. The van der Waals surface area contributed by atoms with Gasteiger partial charge >= 0.3 is 0 Å². The van der Waals surface area contributed by atoms with Crippen molar-refractivity contribution in [2.45, 2.75) is 6.92 Å². The first kappa shape index (κ1) is 14.8. The van der Waals surface area contributed by atoms with Crippen LogP contribution in [0, 0.1) is 0 Å². The molecule has 6 nitrogen and oxygen atoms in total. The van der Waals surface area contributed by atoms with Gasteiger partial charge in [0, 0.05) is 22.4 Å². The minimum atomic E-state index is 0.108. The van der Waals surface area contributed by atoms with E-state index >= 15 is 0 Å². The van der Waals surface area contributed by atoms with Crippen molar-refractivity contribution in [3.63, 3.8) is 0 Å². The lowest BCUT2D eigenvalue weighted by Gasteiger charge is -2.08. The molecule has 0 saturated carbocycles. The third-order valence-corrected chi connectivity index (χ3v) is 3.49. The molecule has 0 fully saturated rings. The summed E-state index contributed by atoms with van der Waals surface area (Å²) >= 11 is 0. The van der Waals surface area contributed by atoms with Crippen LogP contribution in [0.4, 0.5) is 5.82 Å². The second-order valence-corrected chi connectivity index (χ2v) is 4.97. The fraction of sp³-hybridized carbons (Fsp3) is 0.118. The largest absolute Gasteiger partial charge is 0.507 e. The van der Waals surface area contributed by atoms with Crippen LogP contribution in [0.5, 0.6) is 11.5 Å². The first-order valence-corrected chi connectivity index (χ1v) is 7.07. The fourth-order valence-corrected chi connectivity index (χ4v) is 2.25. The van der Waals surface area contributed by atoms with Gasteiger partial charge in [0.1, 0.15) is 11.5 Å². The summed E-state index contributed by atoms with van der Waals surface area (Å²) in [7, 11) is 1.55. The van der Waals surface area contributed by atoms with Crippen LogP contribution >= 0.6 is 0 Å². The molecule has 0 spiro atoms. The number of aromatic nitrogens is 2. The highest BCUT2D eigenvalue weighted by molar-refractivity contribution is 6.02. The zero-order chi connectivity index (χ0) is 16.2. The first-order valence-electron chi connectivity index (χ1n) is 7.07. The van der Waals surface area contributed by atoms with Gasteiger partial charge in [-0.05, 0) is 19.1 Å². The van der Waals surface area contributed by atoms with Crippen molar-refractivity contribution in [3.05, 3.63) is 54.2 Å². The molecular formula is C17H16N4O2. The van der Waals surface area contributed by atoms with Gasteiger partial charge in [-0.3, -0.25) is 5.43 Å².